The van der Waals surface area contributed by atoms with Crippen LogP contribution in [0.3, 0.4) is 0 Å². The largest absolute Gasteiger partial charge is 0.479 e. The maximum Gasteiger partial charge on any atom is 0.407 e. The minimum Gasteiger partial charge on any atom is -0.479 e. The van der Waals surface area contributed by atoms with Crippen molar-refractivity contribution in [3.63, 3.8) is 0 Å². The Kier molecular flexibility index (Phi) is 10.5. The van der Waals surface area contributed by atoms with E-state index in [-0.39, 0.29) is 30.2 Å². The van der Waals surface area contributed by atoms with Gasteiger partial charge in [0, 0.05) is 12.5 Å². The van der Waals surface area contributed by atoms with E-state index in [0.717, 1.165) is 11.1 Å². The van der Waals surface area contributed by atoms with Crippen molar-refractivity contribution in [2.24, 2.45) is 11.3 Å². The third-order valence-electron chi connectivity index (χ3n) is 6.33. The zero-order chi connectivity index (χ0) is 27.9. The number of amides is 1. The molecule has 0 saturated carbocycles. The number of nitrogens with one attached hydrogen (secondary N) is 1. The van der Waals surface area contributed by atoms with Crippen LogP contribution in [-0.4, -0.2) is 43.5 Å². The van der Waals surface area contributed by atoms with E-state index in [2.05, 4.69) is 26.1 Å². The molecule has 2 aromatic carbocycles. The molecular weight excluding hydrogens is 482 g/mol. The standard InChI is InChI=1S/C30H45NO5Si/c1-28(2,3)24(21-30(26(32)33,36-37(7)8)20-23-17-13-10-14-18-23)25(19-22-15-11-9-12-16-22)31-27(34)35-29(4,5)6/h9-18,24-25,37H,19-21H2,1-8H3,(H,31,34)(H,32,33)/t24-,25+,30+/m1/s1. The minimum absolute atomic E-state index is 0.229. The second-order valence-electron chi connectivity index (χ2n) is 12.2. The summed E-state index contributed by atoms with van der Waals surface area (Å²) in [7, 11) is -1.76. The second kappa shape index (κ2) is 12.7. The Labute approximate surface area is 224 Å². The smallest absolute Gasteiger partial charge is 0.407 e. The first-order valence-electron chi connectivity index (χ1n) is 13.1. The molecule has 0 aromatic heterocycles. The molecule has 0 fully saturated rings. The van der Waals surface area contributed by atoms with Crippen molar-refractivity contribution >= 4 is 21.1 Å². The molecule has 6 nitrogen and oxygen atoms in total. The first-order valence-corrected chi connectivity index (χ1v) is 15.9. The van der Waals surface area contributed by atoms with Crippen LogP contribution >= 0.6 is 0 Å². The quantitative estimate of drug-likeness (QED) is 0.338. The molecule has 204 valence electrons. The fourth-order valence-electron chi connectivity index (χ4n) is 4.78. The molecule has 0 aliphatic carbocycles. The highest BCUT2D eigenvalue weighted by Gasteiger charge is 2.47. The monoisotopic (exact) mass is 527 g/mol. The van der Waals surface area contributed by atoms with Crippen LogP contribution in [0.2, 0.25) is 13.1 Å². The van der Waals surface area contributed by atoms with Gasteiger partial charge >= 0.3 is 12.1 Å². The van der Waals surface area contributed by atoms with E-state index in [1.165, 1.54) is 0 Å². The van der Waals surface area contributed by atoms with Crippen molar-refractivity contribution in [3.8, 4) is 0 Å². The number of aliphatic carboxylic acids is 1. The maximum atomic E-state index is 13.0. The van der Waals surface area contributed by atoms with Crippen LogP contribution in [0.1, 0.15) is 59.1 Å². The molecule has 2 N–H and O–H groups in total. The molecule has 0 saturated heterocycles. The molecule has 0 bridgehead atoms. The highest BCUT2D eigenvalue weighted by atomic mass is 28.3. The lowest BCUT2D eigenvalue weighted by Gasteiger charge is -2.43. The summed E-state index contributed by atoms with van der Waals surface area (Å²) in [6.07, 6.45) is 0.540. The molecule has 37 heavy (non-hydrogen) atoms. The summed E-state index contributed by atoms with van der Waals surface area (Å²) in [5, 5.41) is 13.7. The van der Waals surface area contributed by atoms with Crippen molar-refractivity contribution in [3.05, 3.63) is 71.8 Å². The molecule has 1 amide bonds. The van der Waals surface area contributed by atoms with Crippen LogP contribution in [0.5, 0.6) is 0 Å². The Bertz CT molecular complexity index is 998. The molecule has 2 aromatic rings. The molecule has 0 aliphatic rings. The van der Waals surface area contributed by atoms with E-state index in [0.29, 0.717) is 6.42 Å². The first kappa shape index (κ1) is 30.6. The van der Waals surface area contributed by atoms with E-state index < -0.39 is 32.3 Å². The van der Waals surface area contributed by atoms with E-state index >= 15 is 0 Å². The lowest BCUT2D eigenvalue weighted by Crippen LogP contribution is -2.54. The van der Waals surface area contributed by atoms with Crippen molar-refractivity contribution in [2.45, 2.75) is 91.1 Å². The van der Waals surface area contributed by atoms with Gasteiger partial charge in [0.25, 0.3) is 0 Å². The van der Waals surface area contributed by atoms with Crippen LogP contribution in [0.15, 0.2) is 60.7 Å². The SMILES string of the molecule is C[SiH](C)O[C@@](Cc1ccccc1)(C[C@H]([C@H](Cc1ccccc1)NC(=O)OC(C)(C)C)C(C)(C)C)C(=O)O. The van der Waals surface area contributed by atoms with Crippen molar-refractivity contribution < 1.29 is 23.9 Å². The molecule has 0 unspecified atom stereocenters. The van der Waals surface area contributed by atoms with Gasteiger partial charge in [-0.3, -0.25) is 0 Å². The molecular formula is C30H45NO5Si. The lowest BCUT2D eigenvalue weighted by molar-refractivity contribution is -0.158. The number of rotatable bonds is 11. The molecule has 7 heteroatoms. The topological polar surface area (TPSA) is 84.9 Å². The van der Waals surface area contributed by atoms with E-state index in [1.807, 2.05) is 94.5 Å². The third kappa shape index (κ3) is 9.97. The first-order chi connectivity index (χ1) is 17.1. The molecule has 0 heterocycles. The molecule has 0 radical (unpaired) electrons. The number of alkyl carbamates (subject to hydrolysis) is 1. The van der Waals surface area contributed by atoms with Gasteiger partial charge in [-0.15, -0.1) is 0 Å². The fraction of sp³-hybridized carbons (Fsp3) is 0.533. The maximum absolute atomic E-state index is 13.0. The van der Waals surface area contributed by atoms with Crippen LogP contribution < -0.4 is 5.32 Å². The van der Waals surface area contributed by atoms with Gasteiger partial charge in [0.15, 0.2) is 14.6 Å². The van der Waals surface area contributed by atoms with E-state index in [4.69, 9.17) is 9.16 Å². The van der Waals surface area contributed by atoms with Crippen molar-refractivity contribution in [1.82, 2.24) is 5.32 Å². The molecule has 0 spiro atoms. The minimum atomic E-state index is -1.76. The Morgan fingerprint density at radius 1 is 0.892 bits per heavy atom. The molecule has 0 aliphatic heterocycles. The summed E-state index contributed by atoms with van der Waals surface area (Å²) in [4.78, 5) is 26.0. The van der Waals surface area contributed by atoms with Crippen LogP contribution in [0.25, 0.3) is 0 Å². The Morgan fingerprint density at radius 3 is 1.84 bits per heavy atom. The lowest BCUT2D eigenvalue weighted by atomic mass is 9.68. The van der Waals surface area contributed by atoms with Gasteiger partial charge in [-0.05, 0) is 69.2 Å². The fourth-order valence-corrected chi connectivity index (χ4v) is 5.96. The second-order valence-corrected chi connectivity index (χ2v) is 14.6. The summed E-state index contributed by atoms with van der Waals surface area (Å²) >= 11 is 0. The highest BCUT2D eigenvalue weighted by molar-refractivity contribution is 6.48. The third-order valence-corrected chi connectivity index (χ3v) is 7.25. The number of carbonyl (C=O) groups is 2. The Hall–Kier alpha value is -2.64. The van der Waals surface area contributed by atoms with Gasteiger partial charge in [0.05, 0.1) is 0 Å². The van der Waals surface area contributed by atoms with Gasteiger partial charge in [-0.2, -0.15) is 0 Å². The Morgan fingerprint density at radius 2 is 1.41 bits per heavy atom. The van der Waals surface area contributed by atoms with Crippen LogP contribution in [-0.2, 0) is 26.8 Å². The van der Waals surface area contributed by atoms with E-state index in [1.54, 1.807) is 0 Å². The molecule has 3 atom stereocenters. The summed E-state index contributed by atoms with van der Waals surface area (Å²) in [5.41, 5.74) is -0.436. The van der Waals surface area contributed by atoms with Gasteiger partial charge in [-0.1, -0.05) is 81.4 Å². The van der Waals surface area contributed by atoms with Gasteiger partial charge in [0.2, 0.25) is 0 Å². The van der Waals surface area contributed by atoms with Crippen LogP contribution in [0.4, 0.5) is 4.79 Å². The average molecular weight is 528 g/mol. The summed E-state index contributed by atoms with van der Waals surface area (Å²) in [6.45, 7) is 15.8. The number of ether oxygens (including phenoxy) is 1. The van der Waals surface area contributed by atoms with Crippen molar-refractivity contribution in [2.75, 3.05) is 0 Å². The molecule has 2 rings (SSSR count). The Balaban J connectivity index is 2.55. The number of hydrogen-bond acceptors (Lipinski definition) is 4. The predicted octanol–water partition coefficient (Wildman–Crippen LogP) is 6.24. The van der Waals surface area contributed by atoms with Gasteiger partial charge in [0.1, 0.15) is 5.60 Å². The van der Waals surface area contributed by atoms with Crippen molar-refractivity contribution in [1.29, 1.82) is 0 Å². The number of carbonyl (C=O) groups excluding carboxylic acids is 1. The normalized spacial score (nSPS) is 15.5. The summed E-state index contributed by atoms with van der Waals surface area (Å²) in [6, 6.07) is 19.2. The average Bonchev–Trinajstić information content (AvgIpc) is 2.75. The summed E-state index contributed by atoms with van der Waals surface area (Å²) in [5.74, 6) is -1.20. The number of carboxylic acid groups (broad SMARTS) is 1. The van der Waals surface area contributed by atoms with E-state index in [9.17, 15) is 14.7 Å². The number of hydrogen-bond donors (Lipinski definition) is 2. The van der Waals surface area contributed by atoms with Gasteiger partial charge in [-0.25, -0.2) is 9.59 Å². The zero-order valence-electron chi connectivity index (χ0n) is 23.7. The van der Waals surface area contributed by atoms with Gasteiger partial charge < -0.3 is 19.6 Å². The number of carboxylic acids is 1. The number of benzene rings is 2. The highest BCUT2D eigenvalue weighted by Crippen LogP contribution is 2.40. The predicted molar refractivity (Wildman–Crippen MR) is 151 cm³/mol. The summed E-state index contributed by atoms with van der Waals surface area (Å²) < 4.78 is 12.0. The zero-order valence-corrected chi connectivity index (χ0v) is 24.9. The van der Waals surface area contributed by atoms with Crippen LogP contribution in [0, 0.1) is 11.3 Å².